The number of hydrogen-bond acceptors (Lipinski definition) is 3. The van der Waals surface area contributed by atoms with Gasteiger partial charge in [-0.15, -0.1) is 0 Å². The molecule has 3 aromatic rings. The van der Waals surface area contributed by atoms with E-state index in [1.807, 2.05) is 62.4 Å². The number of hydrogen-bond donors (Lipinski definition) is 2. The first-order chi connectivity index (χ1) is 12.9. The number of rotatable bonds is 6. The van der Waals surface area contributed by atoms with Crippen molar-refractivity contribution in [1.29, 1.82) is 0 Å². The SMILES string of the molecule is Cc1ccc(-c2n[nH]c(=S)n2CC(=O)N[C@@H](C)Cc2ccccc2Cl)cc1. The number of benzene rings is 2. The maximum absolute atomic E-state index is 12.5. The molecule has 0 spiro atoms. The molecule has 3 rings (SSSR count). The molecule has 5 nitrogen and oxygen atoms in total. The maximum Gasteiger partial charge on any atom is 0.240 e. The van der Waals surface area contributed by atoms with E-state index in [0.717, 1.165) is 16.7 Å². The number of nitrogens with one attached hydrogen (secondary N) is 2. The molecule has 1 amide bonds. The van der Waals surface area contributed by atoms with E-state index in [0.29, 0.717) is 22.0 Å². The third-order valence-corrected chi connectivity index (χ3v) is 4.94. The number of aromatic amines is 1. The van der Waals surface area contributed by atoms with E-state index in [1.165, 1.54) is 0 Å². The van der Waals surface area contributed by atoms with Gasteiger partial charge in [0.05, 0.1) is 0 Å². The molecule has 1 heterocycles. The van der Waals surface area contributed by atoms with Gasteiger partial charge >= 0.3 is 0 Å². The zero-order valence-corrected chi connectivity index (χ0v) is 16.8. The number of halogens is 1. The fourth-order valence-corrected chi connectivity index (χ4v) is 3.31. The molecule has 1 aromatic heterocycles. The van der Waals surface area contributed by atoms with Gasteiger partial charge in [-0.05, 0) is 44.1 Å². The van der Waals surface area contributed by atoms with Crippen molar-refractivity contribution in [2.75, 3.05) is 0 Å². The highest BCUT2D eigenvalue weighted by Gasteiger charge is 2.15. The van der Waals surface area contributed by atoms with Crippen LogP contribution in [0.3, 0.4) is 0 Å². The van der Waals surface area contributed by atoms with Crippen molar-refractivity contribution in [2.24, 2.45) is 0 Å². The van der Waals surface area contributed by atoms with Crippen molar-refractivity contribution in [3.8, 4) is 11.4 Å². The summed E-state index contributed by atoms with van der Waals surface area (Å²) in [6, 6.07) is 15.5. The highest BCUT2D eigenvalue weighted by Crippen LogP contribution is 2.18. The van der Waals surface area contributed by atoms with E-state index in [-0.39, 0.29) is 18.5 Å². The maximum atomic E-state index is 12.5. The summed E-state index contributed by atoms with van der Waals surface area (Å²) in [5.74, 6) is 0.523. The molecule has 0 radical (unpaired) electrons. The summed E-state index contributed by atoms with van der Waals surface area (Å²) < 4.78 is 2.12. The normalized spacial score (nSPS) is 12.0. The van der Waals surface area contributed by atoms with E-state index in [1.54, 1.807) is 4.57 Å². The lowest BCUT2D eigenvalue weighted by Crippen LogP contribution is -2.36. The smallest absolute Gasteiger partial charge is 0.240 e. The van der Waals surface area contributed by atoms with Crippen molar-refractivity contribution in [1.82, 2.24) is 20.1 Å². The summed E-state index contributed by atoms with van der Waals surface area (Å²) >= 11 is 11.5. The van der Waals surface area contributed by atoms with E-state index in [9.17, 15) is 4.79 Å². The molecular formula is C20H21ClN4OS. The molecule has 140 valence electrons. The lowest BCUT2D eigenvalue weighted by Gasteiger charge is -2.15. The number of aryl methyl sites for hydroxylation is 1. The molecule has 2 N–H and O–H groups in total. The van der Waals surface area contributed by atoms with Crippen LogP contribution in [0, 0.1) is 11.7 Å². The van der Waals surface area contributed by atoms with Crippen LogP contribution in [0.25, 0.3) is 11.4 Å². The molecule has 27 heavy (non-hydrogen) atoms. The van der Waals surface area contributed by atoms with E-state index in [4.69, 9.17) is 23.8 Å². The van der Waals surface area contributed by atoms with Crippen LogP contribution in [-0.4, -0.2) is 26.7 Å². The first-order valence-corrected chi connectivity index (χ1v) is 9.47. The molecule has 7 heteroatoms. The van der Waals surface area contributed by atoms with Crippen LogP contribution >= 0.6 is 23.8 Å². The minimum absolute atomic E-state index is 0.0544. The number of nitrogens with zero attached hydrogens (tertiary/aromatic N) is 2. The Kier molecular flexibility index (Phi) is 6.08. The van der Waals surface area contributed by atoms with Gasteiger partial charge in [-0.25, -0.2) is 0 Å². The zero-order chi connectivity index (χ0) is 19.4. The Labute approximate surface area is 168 Å². The molecular weight excluding hydrogens is 380 g/mol. The Morgan fingerprint density at radius 3 is 2.67 bits per heavy atom. The topological polar surface area (TPSA) is 62.7 Å². The summed E-state index contributed by atoms with van der Waals surface area (Å²) in [5, 5.41) is 10.8. The van der Waals surface area contributed by atoms with Crippen molar-refractivity contribution in [3.63, 3.8) is 0 Å². The van der Waals surface area contributed by atoms with Gasteiger partial charge in [0.2, 0.25) is 5.91 Å². The first kappa shape index (κ1) is 19.3. The lowest BCUT2D eigenvalue weighted by molar-refractivity contribution is -0.122. The van der Waals surface area contributed by atoms with E-state index < -0.39 is 0 Å². The standard InChI is InChI=1S/C20H21ClN4OS/c1-13-7-9-15(10-8-13)19-23-24-20(27)25(19)12-18(26)22-14(2)11-16-5-3-4-6-17(16)21/h3-10,14H,11-12H2,1-2H3,(H,22,26)(H,24,27)/t14-/m0/s1. The zero-order valence-electron chi connectivity index (χ0n) is 15.2. The molecule has 0 saturated heterocycles. The number of carbonyl (C=O) groups excluding carboxylic acids is 1. The van der Waals surface area contributed by atoms with Crippen LogP contribution in [0.15, 0.2) is 48.5 Å². The molecule has 0 aliphatic carbocycles. The summed E-state index contributed by atoms with van der Waals surface area (Å²) in [5.41, 5.74) is 3.07. The Hall–Kier alpha value is -2.44. The third kappa shape index (κ3) is 4.84. The minimum Gasteiger partial charge on any atom is -0.352 e. The molecule has 0 saturated carbocycles. The number of carbonyl (C=O) groups is 1. The van der Waals surface area contributed by atoms with Crippen LogP contribution in [0.2, 0.25) is 5.02 Å². The van der Waals surface area contributed by atoms with Crippen molar-refractivity contribution in [2.45, 2.75) is 32.9 Å². The number of amides is 1. The van der Waals surface area contributed by atoms with Crippen molar-refractivity contribution in [3.05, 3.63) is 69.5 Å². The monoisotopic (exact) mass is 400 g/mol. The lowest BCUT2D eigenvalue weighted by atomic mass is 10.1. The molecule has 1 atom stereocenters. The molecule has 0 bridgehead atoms. The second kappa shape index (κ2) is 8.50. The molecule has 2 aromatic carbocycles. The fourth-order valence-electron chi connectivity index (χ4n) is 2.90. The summed E-state index contributed by atoms with van der Waals surface area (Å²) in [6.07, 6.45) is 0.660. The van der Waals surface area contributed by atoms with Crippen LogP contribution < -0.4 is 5.32 Å². The Morgan fingerprint density at radius 2 is 1.96 bits per heavy atom. The number of H-pyrrole nitrogens is 1. The van der Waals surface area contributed by atoms with Crippen LogP contribution in [-0.2, 0) is 17.8 Å². The first-order valence-electron chi connectivity index (χ1n) is 8.69. The molecule has 0 fully saturated rings. The van der Waals surface area contributed by atoms with Crippen molar-refractivity contribution < 1.29 is 4.79 Å². The second-order valence-electron chi connectivity index (χ2n) is 6.57. The summed E-state index contributed by atoms with van der Waals surface area (Å²) in [6.45, 7) is 4.08. The average molecular weight is 401 g/mol. The molecule has 0 unspecified atom stereocenters. The molecule has 0 aliphatic rings. The van der Waals surface area contributed by atoms with E-state index >= 15 is 0 Å². The highest BCUT2D eigenvalue weighted by atomic mass is 35.5. The van der Waals surface area contributed by atoms with Gasteiger partial charge in [0.15, 0.2) is 10.6 Å². The van der Waals surface area contributed by atoms with E-state index in [2.05, 4.69) is 15.5 Å². The van der Waals surface area contributed by atoms with Gasteiger partial charge in [0.1, 0.15) is 6.54 Å². The average Bonchev–Trinajstić information content (AvgIpc) is 2.98. The van der Waals surface area contributed by atoms with Gasteiger partial charge in [-0.1, -0.05) is 59.6 Å². The van der Waals surface area contributed by atoms with Gasteiger partial charge in [-0.3, -0.25) is 14.5 Å². The minimum atomic E-state index is -0.125. The third-order valence-electron chi connectivity index (χ3n) is 4.26. The van der Waals surface area contributed by atoms with Gasteiger partial charge in [0, 0.05) is 16.6 Å². The highest BCUT2D eigenvalue weighted by molar-refractivity contribution is 7.71. The Bertz CT molecular complexity index is 994. The number of aromatic nitrogens is 3. The summed E-state index contributed by atoms with van der Waals surface area (Å²) in [4.78, 5) is 12.5. The second-order valence-corrected chi connectivity index (χ2v) is 7.36. The van der Waals surface area contributed by atoms with Gasteiger partial charge < -0.3 is 5.32 Å². The van der Waals surface area contributed by atoms with Crippen LogP contribution in [0.5, 0.6) is 0 Å². The van der Waals surface area contributed by atoms with Crippen LogP contribution in [0.4, 0.5) is 0 Å². The van der Waals surface area contributed by atoms with Gasteiger partial charge in [-0.2, -0.15) is 5.10 Å². The fraction of sp³-hybridized carbons (Fsp3) is 0.250. The Morgan fingerprint density at radius 1 is 1.26 bits per heavy atom. The predicted molar refractivity (Wildman–Crippen MR) is 110 cm³/mol. The predicted octanol–water partition coefficient (Wildman–Crippen LogP) is 4.32. The quantitative estimate of drug-likeness (QED) is 0.606. The summed E-state index contributed by atoms with van der Waals surface area (Å²) in [7, 11) is 0. The molecule has 0 aliphatic heterocycles. The largest absolute Gasteiger partial charge is 0.352 e. The van der Waals surface area contributed by atoms with Gasteiger partial charge in [0.25, 0.3) is 0 Å². The van der Waals surface area contributed by atoms with Crippen LogP contribution in [0.1, 0.15) is 18.1 Å². The van der Waals surface area contributed by atoms with Crippen molar-refractivity contribution >= 4 is 29.7 Å². The Balaban J connectivity index is 1.69.